The summed E-state index contributed by atoms with van der Waals surface area (Å²) in [6, 6.07) is 0. The van der Waals surface area contributed by atoms with Crippen LogP contribution in [0.25, 0.3) is 0 Å². The van der Waals surface area contributed by atoms with Crippen LogP contribution in [0.3, 0.4) is 0 Å². The van der Waals surface area contributed by atoms with E-state index in [9.17, 15) is 4.39 Å². The van der Waals surface area contributed by atoms with Crippen molar-refractivity contribution in [2.24, 2.45) is 11.8 Å². The van der Waals surface area contributed by atoms with E-state index >= 15 is 0 Å². The molecular formula is C14H16ClF. The minimum absolute atomic E-state index is 0.0564. The molecule has 1 rings (SSSR count). The molecule has 1 aliphatic carbocycles. The molecule has 2 heteroatoms. The van der Waals surface area contributed by atoms with Crippen molar-refractivity contribution in [3.05, 3.63) is 35.2 Å². The molecule has 0 spiro atoms. The van der Waals surface area contributed by atoms with E-state index in [0.717, 1.165) is 5.57 Å². The topological polar surface area (TPSA) is 0 Å². The Hall–Kier alpha value is -1.00. The number of terminal acetylenes is 1. The second-order valence-corrected chi connectivity index (χ2v) is 4.24. The van der Waals surface area contributed by atoms with Gasteiger partial charge in [0.05, 0.1) is 0 Å². The normalized spacial score (nSPS) is 22.1. The van der Waals surface area contributed by atoms with Crippen LogP contribution in [0.5, 0.6) is 0 Å². The predicted molar refractivity (Wildman–Crippen MR) is 67.9 cm³/mol. The Morgan fingerprint density at radius 3 is 2.88 bits per heavy atom. The van der Waals surface area contributed by atoms with Gasteiger partial charge < -0.3 is 0 Å². The van der Waals surface area contributed by atoms with Gasteiger partial charge in [0.25, 0.3) is 0 Å². The van der Waals surface area contributed by atoms with Crippen molar-refractivity contribution in [2.45, 2.75) is 20.3 Å². The van der Waals surface area contributed by atoms with Crippen LogP contribution in [0.2, 0.25) is 0 Å². The summed E-state index contributed by atoms with van der Waals surface area (Å²) in [4.78, 5) is 0. The minimum atomic E-state index is -0.182. The van der Waals surface area contributed by atoms with Crippen molar-refractivity contribution in [1.29, 1.82) is 0 Å². The molecule has 16 heavy (non-hydrogen) atoms. The summed E-state index contributed by atoms with van der Waals surface area (Å²) < 4.78 is 13.7. The SMILES string of the molecule is C#CC(C)C(CCl)C1=CC(=CC)CC=C1F. The van der Waals surface area contributed by atoms with Crippen LogP contribution in [0.4, 0.5) is 4.39 Å². The van der Waals surface area contributed by atoms with Gasteiger partial charge in [-0.15, -0.1) is 23.9 Å². The Balaban J connectivity index is 3.04. The first-order valence-corrected chi connectivity index (χ1v) is 5.92. The summed E-state index contributed by atoms with van der Waals surface area (Å²) in [6.45, 7) is 3.84. The lowest BCUT2D eigenvalue weighted by Crippen LogP contribution is -2.16. The van der Waals surface area contributed by atoms with E-state index < -0.39 is 0 Å². The Morgan fingerprint density at radius 2 is 2.38 bits per heavy atom. The van der Waals surface area contributed by atoms with Crippen LogP contribution in [0.15, 0.2) is 35.2 Å². The van der Waals surface area contributed by atoms with Crippen LogP contribution in [-0.2, 0) is 0 Å². The highest BCUT2D eigenvalue weighted by atomic mass is 35.5. The molecule has 0 fully saturated rings. The number of hydrogen-bond acceptors (Lipinski definition) is 0. The van der Waals surface area contributed by atoms with Gasteiger partial charge in [0, 0.05) is 17.7 Å². The second kappa shape index (κ2) is 5.92. The van der Waals surface area contributed by atoms with Crippen molar-refractivity contribution < 1.29 is 4.39 Å². The van der Waals surface area contributed by atoms with Crippen LogP contribution < -0.4 is 0 Å². The maximum absolute atomic E-state index is 13.7. The van der Waals surface area contributed by atoms with Gasteiger partial charge in [0.1, 0.15) is 5.83 Å². The van der Waals surface area contributed by atoms with Crippen LogP contribution in [0.1, 0.15) is 20.3 Å². The average molecular weight is 239 g/mol. The molecule has 0 aromatic heterocycles. The van der Waals surface area contributed by atoms with E-state index in [0.29, 0.717) is 17.9 Å². The van der Waals surface area contributed by atoms with Crippen molar-refractivity contribution in [3.8, 4) is 12.3 Å². The molecule has 0 nitrogen and oxygen atoms in total. The zero-order chi connectivity index (χ0) is 12.1. The Labute approximate surface area is 102 Å². The highest BCUT2D eigenvalue weighted by molar-refractivity contribution is 6.18. The Kier molecular flexibility index (Phi) is 4.83. The highest BCUT2D eigenvalue weighted by Crippen LogP contribution is 2.33. The number of hydrogen-bond donors (Lipinski definition) is 0. The maximum Gasteiger partial charge on any atom is 0.123 e. The van der Waals surface area contributed by atoms with E-state index in [1.165, 1.54) is 0 Å². The summed E-state index contributed by atoms with van der Waals surface area (Å²) in [6.07, 6.45) is 11.5. The molecule has 0 radical (unpaired) electrons. The second-order valence-electron chi connectivity index (χ2n) is 3.94. The minimum Gasteiger partial charge on any atom is -0.207 e. The fourth-order valence-electron chi connectivity index (χ4n) is 1.74. The lowest BCUT2D eigenvalue weighted by atomic mass is 9.84. The van der Waals surface area contributed by atoms with Gasteiger partial charge in [-0.3, -0.25) is 0 Å². The van der Waals surface area contributed by atoms with Gasteiger partial charge >= 0.3 is 0 Å². The van der Waals surface area contributed by atoms with Crippen LogP contribution in [0, 0.1) is 24.2 Å². The first kappa shape index (κ1) is 13.1. The van der Waals surface area contributed by atoms with Gasteiger partial charge in [0.15, 0.2) is 0 Å². The molecule has 0 N–H and O–H groups in total. The third-order valence-corrected chi connectivity index (χ3v) is 3.27. The largest absolute Gasteiger partial charge is 0.207 e. The molecule has 0 aliphatic heterocycles. The molecule has 0 bridgehead atoms. The third kappa shape index (κ3) is 2.77. The maximum atomic E-state index is 13.7. The zero-order valence-corrected chi connectivity index (χ0v) is 10.4. The van der Waals surface area contributed by atoms with E-state index in [2.05, 4.69) is 5.92 Å². The van der Waals surface area contributed by atoms with Gasteiger partial charge in [0.2, 0.25) is 0 Å². The highest BCUT2D eigenvalue weighted by Gasteiger charge is 2.24. The molecule has 0 saturated carbocycles. The lowest BCUT2D eigenvalue weighted by Gasteiger charge is -2.22. The van der Waals surface area contributed by atoms with Crippen molar-refractivity contribution in [3.63, 3.8) is 0 Å². The summed E-state index contributed by atoms with van der Waals surface area (Å²) in [7, 11) is 0. The quantitative estimate of drug-likeness (QED) is 0.510. The van der Waals surface area contributed by atoms with Crippen molar-refractivity contribution >= 4 is 11.6 Å². The molecular weight excluding hydrogens is 223 g/mol. The Morgan fingerprint density at radius 1 is 1.69 bits per heavy atom. The smallest absolute Gasteiger partial charge is 0.123 e. The average Bonchev–Trinajstić information content (AvgIpc) is 2.32. The summed E-state index contributed by atoms with van der Waals surface area (Å²) in [5.74, 6) is 2.62. The van der Waals surface area contributed by atoms with E-state index in [1.807, 2.05) is 26.0 Å². The molecule has 86 valence electrons. The molecule has 0 aromatic carbocycles. The van der Waals surface area contributed by atoms with Gasteiger partial charge in [-0.25, -0.2) is 4.39 Å². The van der Waals surface area contributed by atoms with Crippen LogP contribution >= 0.6 is 11.6 Å². The molecule has 1 aliphatic rings. The summed E-state index contributed by atoms with van der Waals surface area (Å²) in [5.41, 5.74) is 1.75. The first-order chi connectivity index (χ1) is 7.63. The van der Waals surface area contributed by atoms with Gasteiger partial charge in [-0.2, -0.15) is 0 Å². The third-order valence-electron chi connectivity index (χ3n) is 2.94. The monoisotopic (exact) mass is 238 g/mol. The molecule has 0 heterocycles. The molecule has 2 unspecified atom stereocenters. The summed E-state index contributed by atoms with van der Waals surface area (Å²) in [5, 5.41) is 0. The van der Waals surface area contributed by atoms with Crippen molar-refractivity contribution in [1.82, 2.24) is 0 Å². The van der Waals surface area contributed by atoms with Crippen molar-refractivity contribution in [2.75, 3.05) is 5.88 Å². The van der Waals surface area contributed by atoms with Crippen LogP contribution in [-0.4, -0.2) is 5.88 Å². The van der Waals surface area contributed by atoms with Gasteiger partial charge in [-0.05, 0) is 30.6 Å². The standard InChI is InChI=1S/C14H16ClF/c1-4-10(3)13(9-15)12-8-11(5-2)6-7-14(12)16/h1,5,7-8,10,13H,6,9H2,2-3H3. The lowest BCUT2D eigenvalue weighted by molar-refractivity contribution is 0.514. The number of alkyl halides is 1. The zero-order valence-electron chi connectivity index (χ0n) is 9.63. The predicted octanol–water partition coefficient (Wildman–Crippen LogP) is 4.24. The fourth-order valence-corrected chi connectivity index (χ4v) is 2.17. The molecule has 0 saturated heterocycles. The molecule has 0 amide bonds. The number of rotatable bonds is 3. The fraction of sp³-hybridized carbons (Fsp3) is 0.429. The van der Waals surface area contributed by atoms with E-state index in [-0.39, 0.29) is 17.7 Å². The van der Waals surface area contributed by atoms with E-state index in [4.69, 9.17) is 18.0 Å². The summed E-state index contributed by atoms with van der Waals surface area (Å²) >= 11 is 5.88. The first-order valence-electron chi connectivity index (χ1n) is 5.39. The number of allylic oxidation sites excluding steroid dienone is 6. The Bertz CT molecular complexity index is 382. The molecule has 0 aromatic rings. The molecule has 2 atom stereocenters. The van der Waals surface area contributed by atoms with E-state index in [1.54, 1.807) is 6.08 Å². The van der Waals surface area contributed by atoms with Gasteiger partial charge in [-0.1, -0.05) is 19.1 Å². The number of halogens is 2.